The van der Waals surface area contributed by atoms with Gasteiger partial charge < -0.3 is 5.32 Å². The van der Waals surface area contributed by atoms with Crippen molar-refractivity contribution in [2.24, 2.45) is 0 Å². The standard InChI is InChI=1S/C21H21N5O2/c1-2-12-25-18-8-3-4-9-19(18)26(21(25)28)14-20(27)23-16-7-5-6-15(13-16)17-10-11-22-24-17/h3-11,13H,2,12,14H2,1H3,(H,22,24)(H,23,27). The van der Waals surface area contributed by atoms with Gasteiger partial charge in [0.15, 0.2) is 0 Å². The summed E-state index contributed by atoms with van der Waals surface area (Å²) in [7, 11) is 0. The number of nitrogens with zero attached hydrogens (tertiary/aromatic N) is 3. The molecule has 2 heterocycles. The van der Waals surface area contributed by atoms with E-state index in [0.717, 1.165) is 28.7 Å². The second-order valence-corrected chi connectivity index (χ2v) is 6.61. The quantitative estimate of drug-likeness (QED) is 0.543. The molecule has 7 heteroatoms. The molecule has 4 aromatic rings. The molecule has 0 saturated carbocycles. The molecule has 0 fully saturated rings. The van der Waals surface area contributed by atoms with Crippen LogP contribution in [0.5, 0.6) is 0 Å². The van der Waals surface area contributed by atoms with Crippen LogP contribution in [0.25, 0.3) is 22.3 Å². The van der Waals surface area contributed by atoms with Crippen molar-refractivity contribution in [3.63, 3.8) is 0 Å². The van der Waals surface area contributed by atoms with Crippen molar-refractivity contribution in [1.82, 2.24) is 19.3 Å². The number of aromatic nitrogens is 4. The van der Waals surface area contributed by atoms with Gasteiger partial charge in [0.25, 0.3) is 0 Å². The Kier molecular flexibility index (Phi) is 4.80. The number of nitrogens with one attached hydrogen (secondary N) is 2. The maximum Gasteiger partial charge on any atom is 0.329 e. The number of para-hydroxylation sites is 2. The fourth-order valence-corrected chi connectivity index (χ4v) is 3.39. The fourth-order valence-electron chi connectivity index (χ4n) is 3.39. The lowest BCUT2D eigenvalue weighted by Crippen LogP contribution is -2.29. The maximum absolute atomic E-state index is 12.8. The Morgan fingerprint density at radius 3 is 2.57 bits per heavy atom. The highest BCUT2D eigenvalue weighted by atomic mass is 16.2. The molecule has 7 nitrogen and oxygen atoms in total. The summed E-state index contributed by atoms with van der Waals surface area (Å²) in [5.41, 5.74) is 3.92. The monoisotopic (exact) mass is 375 g/mol. The molecule has 1 amide bonds. The summed E-state index contributed by atoms with van der Waals surface area (Å²) in [6.07, 6.45) is 2.53. The van der Waals surface area contributed by atoms with Gasteiger partial charge in [-0.3, -0.25) is 19.0 Å². The Hall–Kier alpha value is -3.61. The molecule has 28 heavy (non-hydrogen) atoms. The van der Waals surface area contributed by atoms with Crippen LogP contribution < -0.4 is 11.0 Å². The van der Waals surface area contributed by atoms with Gasteiger partial charge in [-0.25, -0.2) is 4.79 Å². The van der Waals surface area contributed by atoms with Crippen molar-refractivity contribution in [2.75, 3.05) is 5.32 Å². The Bertz CT molecular complexity index is 1170. The summed E-state index contributed by atoms with van der Waals surface area (Å²) >= 11 is 0. The lowest BCUT2D eigenvalue weighted by molar-refractivity contribution is -0.116. The van der Waals surface area contributed by atoms with E-state index in [1.165, 1.54) is 4.57 Å². The first-order chi connectivity index (χ1) is 13.7. The molecule has 4 rings (SSSR count). The van der Waals surface area contributed by atoms with Gasteiger partial charge >= 0.3 is 5.69 Å². The highest BCUT2D eigenvalue weighted by Gasteiger charge is 2.15. The van der Waals surface area contributed by atoms with Gasteiger partial charge in [-0.1, -0.05) is 31.2 Å². The number of carbonyl (C=O) groups is 1. The molecule has 0 spiro atoms. The maximum atomic E-state index is 12.8. The molecule has 0 unspecified atom stereocenters. The zero-order valence-corrected chi connectivity index (χ0v) is 15.6. The number of hydrogen-bond acceptors (Lipinski definition) is 3. The van der Waals surface area contributed by atoms with Crippen LogP contribution >= 0.6 is 0 Å². The van der Waals surface area contributed by atoms with Crippen molar-refractivity contribution in [3.8, 4) is 11.3 Å². The number of aryl methyl sites for hydroxylation is 1. The van der Waals surface area contributed by atoms with Crippen molar-refractivity contribution >= 4 is 22.6 Å². The van der Waals surface area contributed by atoms with Crippen molar-refractivity contribution in [1.29, 1.82) is 0 Å². The molecule has 0 aliphatic carbocycles. The largest absolute Gasteiger partial charge is 0.329 e. The summed E-state index contributed by atoms with van der Waals surface area (Å²) in [4.78, 5) is 25.5. The van der Waals surface area contributed by atoms with Gasteiger partial charge in [0.1, 0.15) is 6.54 Å². The Morgan fingerprint density at radius 2 is 1.86 bits per heavy atom. The number of anilines is 1. The summed E-state index contributed by atoms with van der Waals surface area (Å²) in [6.45, 7) is 2.61. The molecule has 0 aliphatic heterocycles. The van der Waals surface area contributed by atoms with E-state index >= 15 is 0 Å². The first-order valence-electron chi connectivity index (χ1n) is 9.25. The molecule has 2 aromatic carbocycles. The zero-order chi connectivity index (χ0) is 19.5. The molecule has 2 N–H and O–H groups in total. The van der Waals surface area contributed by atoms with Crippen molar-refractivity contribution in [2.45, 2.75) is 26.4 Å². The van der Waals surface area contributed by atoms with Gasteiger partial charge in [0.05, 0.1) is 16.7 Å². The zero-order valence-electron chi connectivity index (χ0n) is 15.6. The van der Waals surface area contributed by atoms with Crippen LogP contribution in [-0.4, -0.2) is 25.2 Å². The number of carbonyl (C=O) groups excluding carboxylic acids is 1. The average Bonchev–Trinajstić information content (AvgIpc) is 3.32. The fraction of sp³-hybridized carbons (Fsp3) is 0.190. The van der Waals surface area contributed by atoms with Crippen molar-refractivity contribution in [3.05, 3.63) is 71.3 Å². The third-order valence-corrected chi connectivity index (χ3v) is 4.63. The van der Waals surface area contributed by atoms with E-state index in [4.69, 9.17) is 0 Å². The molecule has 0 atom stereocenters. The number of imidazole rings is 1. The lowest BCUT2D eigenvalue weighted by Gasteiger charge is -2.08. The predicted molar refractivity (Wildman–Crippen MR) is 109 cm³/mol. The van der Waals surface area contributed by atoms with Gasteiger partial charge in [0.2, 0.25) is 5.91 Å². The minimum Gasteiger partial charge on any atom is -0.325 e. The van der Waals surface area contributed by atoms with Crippen LogP contribution in [0.1, 0.15) is 13.3 Å². The first kappa shape index (κ1) is 17.8. The third kappa shape index (κ3) is 3.34. The molecular weight excluding hydrogens is 354 g/mol. The number of fused-ring (bicyclic) bond motifs is 1. The SMILES string of the molecule is CCCn1c(=O)n(CC(=O)Nc2cccc(-c3ccn[nH]3)c2)c2ccccc21. The van der Waals surface area contributed by atoms with E-state index in [9.17, 15) is 9.59 Å². The number of benzene rings is 2. The molecule has 0 aliphatic rings. The van der Waals surface area contributed by atoms with E-state index in [1.54, 1.807) is 10.8 Å². The molecule has 142 valence electrons. The molecule has 0 saturated heterocycles. The molecule has 0 radical (unpaired) electrons. The Labute approximate surface area is 161 Å². The lowest BCUT2D eigenvalue weighted by atomic mass is 10.1. The van der Waals surface area contributed by atoms with Gasteiger partial charge in [-0.2, -0.15) is 5.10 Å². The van der Waals surface area contributed by atoms with Crippen LogP contribution in [0.15, 0.2) is 65.6 Å². The minimum absolute atomic E-state index is 0.0374. The first-order valence-corrected chi connectivity index (χ1v) is 9.25. The van der Waals surface area contributed by atoms with Crippen LogP contribution in [0.3, 0.4) is 0 Å². The Morgan fingerprint density at radius 1 is 1.07 bits per heavy atom. The summed E-state index contributed by atoms with van der Waals surface area (Å²) in [6, 6.07) is 16.9. The molecular formula is C21H21N5O2. The molecule has 0 bridgehead atoms. The number of rotatable bonds is 6. The number of hydrogen-bond donors (Lipinski definition) is 2. The predicted octanol–water partition coefficient (Wildman–Crippen LogP) is 3.24. The van der Waals surface area contributed by atoms with Gasteiger partial charge in [-0.15, -0.1) is 0 Å². The summed E-state index contributed by atoms with van der Waals surface area (Å²) in [5, 5.41) is 9.74. The van der Waals surface area contributed by atoms with Crippen LogP contribution in [0, 0.1) is 0 Å². The van der Waals surface area contributed by atoms with Gasteiger partial charge in [0, 0.05) is 24.0 Å². The second-order valence-electron chi connectivity index (χ2n) is 6.61. The summed E-state index contributed by atoms with van der Waals surface area (Å²) in [5.74, 6) is -0.247. The second kappa shape index (κ2) is 7.56. The van der Waals surface area contributed by atoms with E-state index in [2.05, 4.69) is 15.5 Å². The minimum atomic E-state index is -0.247. The highest BCUT2D eigenvalue weighted by Crippen LogP contribution is 2.20. The Balaban J connectivity index is 1.59. The van der Waals surface area contributed by atoms with Crippen molar-refractivity contribution < 1.29 is 4.79 Å². The highest BCUT2D eigenvalue weighted by molar-refractivity contribution is 5.92. The van der Waals surface area contributed by atoms with Crippen LogP contribution in [-0.2, 0) is 17.9 Å². The normalized spacial score (nSPS) is 11.0. The topological polar surface area (TPSA) is 84.7 Å². The van der Waals surface area contributed by atoms with Crippen LogP contribution in [0.4, 0.5) is 5.69 Å². The number of H-pyrrole nitrogens is 1. The summed E-state index contributed by atoms with van der Waals surface area (Å²) < 4.78 is 3.25. The van der Waals surface area contributed by atoms with E-state index in [-0.39, 0.29) is 18.1 Å². The van der Waals surface area contributed by atoms with E-state index in [0.29, 0.717) is 12.2 Å². The van der Waals surface area contributed by atoms with E-state index < -0.39 is 0 Å². The smallest absolute Gasteiger partial charge is 0.325 e. The van der Waals surface area contributed by atoms with Crippen LogP contribution in [0.2, 0.25) is 0 Å². The molecule has 2 aromatic heterocycles. The third-order valence-electron chi connectivity index (χ3n) is 4.63. The van der Waals surface area contributed by atoms with Gasteiger partial charge in [-0.05, 0) is 36.8 Å². The number of amides is 1. The number of aromatic amines is 1. The van der Waals surface area contributed by atoms with E-state index in [1.807, 2.05) is 61.5 Å². The average molecular weight is 375 g/mol.